The van der Waals surface area contributed by atoms with Gasteiger partial charge in [0.15, 0.2) is 11.0 Å². The zero-order chi connectivity index (χ0) is 18.7. The molecule has 2 aromatic heterocycles. The number of aromatic nitrogens is 2. The first-order valence-electron chi connectivity index (χ1n) is 8.08. The summed E-state index contributed by atoms with van der Waals surface area (Å²) < 4.78 is 25.2. The van der Waals surface area contributed by atoms with Gasteiger partial charge in [-0.25, -0.2) is 13.8 Å². The molecule has 0 amide bonds. The van der Waals surface area contributed by atoms with E-state index in [1.165, 1.54) is 23.9 Å². The van der Waals surface area contributed by atoms with Gasteiger partial charge in [0.05, 0.1) is 5.69 Å². The lowest BCUT2D eigenvalue weighted by Gasteiger charge is -2.28. The van der Waals surface area contributed by atoms with E-state index in [1.807, 2.05) is 13.0 Å². The quantitative estimate of drug-likeness (QED) is 0.808. The van der Waals surface area contributed by atoms with Crippen molar-refractivity contribution in [3.8, 4) is 0 Å². The van der Waals surface area contributed by atoms with Gasteiger partial charge in [-0.3, -0.25) is 14.8 Å². The van der Waals surface area contributed by atoms with Crippen molar-refractivity contribution in [2.75, 3.05) is 5.75 Å². The highest BCUT2D eigenvalue weighted by Crippen LogP contribution is 2.34. The number of ketones is 1. The smallest absolute Gasteiger partial charge is 0.265 e. The van der Waals surface area contributed by atoms with E-state index in [0.717, 1.165) is 29.6 Å². The first-order chi connectivity index (χ1) is 12.4. The Morgan fingerprint density at radius 3 is 2.81 bits per heavy atom. The maximum atomic E-state index is 12.6. The summed E-state index contributed by atoms with van der Waals surface area (Å²) in [5.41, 5.74) is 6.82. The van der Waals surface area contributed by atoms with Crippen LogP contribution in [0.3, 0.4) is 0 Å². The fraction of sp³-hybridized carbons (Fsp3) is 0.333. The third kappa shape index (κ3) is 4.07. The number of thioether (sulfide) groups is 1. The lowest BCUT2D eigenvalue weighted by Crippen LogP contribution is -2.29. The van der Waals surface area contributed by atoms with Crippen LogP contribution in [-0.4, -0.2) is 26.7 Å². The summed E-state index contributed by atoms with van der Waals surface area (Å²) in [7, 11) is 0. The van der Waals surface area contributed by atoms with Crippen molar-refractivity contribution in [1.29, 1.82) is 0 Å². The van der Waals surface area contributed by atoms with Crippen LogP contribution in [0.4, 0.5) is 8.78 Å². The van der Waals surface area contributed by atoms with Gasteiger partial charge in [-0.05, 0) is 43.2 Å². The highest BCUT2D eigenvalue weighted by Gasteiger charge is 2.31. The molecule has 5 nitrogen and oxygen atoms in total. The molecular formula is C18H18F2N4OS. The summed E-state index contributed by atoms with van der Waals surface area (Å²) in [4.78, 5) is 25.2. The van der Waals surface area contributed by atoms with Crippen molar-refractivity contribution in [2.24, 2.45) is 10.7 Å². The SMILES string of the molecule is C[C@@]1(c2cc(CC(=O)c3ccc(C(F)F)cn3)ccn2)CCSC(N)=N1. The Labute approximate surface area is 154 Å². The van der Waals surface area contributed by atoms with Gasteiger partial charge in [-0.1, -0.05) is 11.8 Å². The molecule has 0 spiro atoms. The molecule has 1 atom stereocenters. The standard InChI is InChI=1S/C18H18F2N4OS/c1-18(5-7-26-17(21)24-18)15-9-11(4-6-22-15)8-14(25)13-3-2-12(10-23-13)16(19)20/h2-4,6,9-10,16H,5,7-8H2,1H3,(H2,21,24)/t18-/m0/s1. The first-order valence-corrected chi connectivity index (χ1v) is 9.07. The average Bonchev–Trinajstić information content (AvgIpc) is 2.62. The number of carbonyl (C=O) groups excluding carboxylic acids is 1. The van der Waals surface area contributed by atoms with E-state index in [2.05, 4.69) is 15.0 Å². The summed E-state index contributed by atoms with van der Waals surface area (Å²) in [5.74, 6) is 0.618. The van der Waals surface area contributed by atoms with Crippen molar-refractivity contribution < 1.29 is 13.6 Å². The number of amidine groups is 1. The van der Waals surface area contributed by atoms with E-state index in [-0.39, 0.29) is 23.5 Å². The summed E-state index contributed by atoms with van der Waals surface area (Å²) in [6.07, 6.45) is 0.995. The predicted octanol–water partition coefficient (Wildman–Crippen LogP) is 3.51. The molecule has 0 aromatic carbocycles. The van der Waals surface area contributed by atoms with Crippen molar-refractivity contribution in [2.45, 2.75) is 31.7 Å². The Balaban J connectivity index is 1.78. The fourth-order valence-corrected chi connectivity index (χ4v) is 3.70. The van der Waals surface area contributed by atoms with Gasteiger partial charge in [0.25, 0.3) is 6.43 Å². The molecule has 0 saturated heterocycles. The highest BCUT2D eigenvalue weighted by atomic mass is 32.2. The molecule has 0 bridgehead atoms. The Morgan fingerprint density at radius 1 is 1.35 bits per heavy atom. The molecule has 0 fully saturated rings. The molecule has 136 valence electrons. The number of aliphatic imine (C=N–C) groups is 1. The van der Waals surface area contributed by atoms with E-state index in [1.54, 1.807) is 12.3 Å². The van der Waals surface area contributed by atoms with Crippen LogP contribution in [0.15, 0.2) is 41.7 Å². The zero-order valence-electron chi connectivity index (χ0n) is 14.2. The molecule has 0 saturated carbocycles. The maximum Gasteiger partial charge on any atom is 0.265 e. The van der Waals surface area contributed by atoms with Gasteiger partial charge in [0, 0.05) is 30.1 Å². The summed E-state index contributed by atoms with van der Waals surface area (Å²) >= 11 is 1.51. The Hall–Kier alpha value is -2.35. The van der Waals surface area contributed by atoms with Crippen LogP contribution in [0.2, 0.25) is 0 Å². The zero-order valence-corrected chi connectivity index (χ0v) is 15.0. The van der Waals surface area contributed by atoms with Gasteiger partial charge in [-0.2, -0.15) is 0 Å². The average molecular weight is 376 g/mol. The number of nitrogens with zero attached hydrogens (tertiary/aromatic N) is 3. The number of rotatable bonds is 5. The lowest BCUT2D eigenvalue weighted by molar-refractivity contribution is 0.0987. The van der Waals surface area contributed by atoms with Crippen LogP contribution in [0, 0.1) is 0 Å². The van der Waals surface area contributed by atoms with Crippen molar-refractivity contribution in [1.82, 2.24) is 9.97 Å². The van der Waals surface area contributed by atoms with Gasteiger partial charge in [0.2, 0.25) is 0 Å². The monoisotopic (exact) mass is 376 g/mol. The summed E-state index contributed by atoms with van der Waals surface area (Å²) in [6.45, 7) is 1.97. The van der Waals surface area contributed by atoms with E-state index in [4.69, 9.17) is 5.73 Å². The number of halogens is 2. The van der Waals surface area contributed by atoms with Crippen molar-refractivity contribution >= 4 is 22.7 Å². The molecule has 0 unspecified atom stereocenters. The third-order valence-electron chi connectivity index (χ3n) is 4.26. The van der Waals surface area contributed by atoms with E-state index in [0.29, 0.717) is 5.17 Å². The maximum absolute atomic E-state index is 12.6. The largest absolute Gasteiger partial charge is 0.379 e. The minimum absolute atomic E-state index is 0.112. The molecule has 2 aromatic rings. The molecule has 0 aliphatic carbocycles. The third-order valence-corrected chi connectivity index (χ3v) is 5.06. The molecule has 1 aliphatic rings. The lowest BCUT2D eigenvalue weighted by atomic mass is 9.92. The Morgan fingerprint density at radius 2 is 2.15 bits per heavy atom. The topological polar surface area (TPSA) is 81.2 Å². The first kappa shape index (κ1) is 18.4. The predicted molar refractivity (Wildman–Crippen MR) is 97.5 cm³/mol. The van der Waals surface area contributed by atoms with E-state index < -0.39 is 12.0 Å². The Kier molecular flexibility index (Phi) is 5.31. The van der Waals surface area contributed by atoms with Gasteiger partial charge in [0.1, 0.15) is 11.2 Å². The van der Waals surface area contributed by atoms with Gasteiger partial charge in [-0.15, -0.1) is 0 Å². The second-order valence-corrected chi connectivity index (χ2v) is 7.36. The van der Waals surface area contributed by atoms with Crippen molar-refractivity contribution in [3.05, 3.63) is 59.2 Å². The number of nitrogens with two attached hydrogens (primary N) is 1. The molecule has 1 aliphatic heterocycles. The summed E-state index contributed by atoms with van der Waals surface area (Å²) in [5, 5.41) is 0.533. The van der Waals surface area contributed by atoms with E-state index in [9.17, 15) is 13.6 Å². The van der Waals surface area contributed by atoms with Crippen LogP contribution in [0.5, 0.6) is 0 Å². The summed E-state index contributed by atoms with van der Waals surface area (Å²) in [6, 6.07) is 6.15. The second-order valence-electron chi connectivity index (χ2n) is 6.25. The van der Waals surface area contributed by atoms with Crippen LogP contribution in [0.1, 0.15) is 47.1 Å². The number of Topliss-reactive ketones (excluding diaryl/α,β-unsaturated/α-hetero) is 1. The number of pyridine rings is 2. The number of hydrogen-bond acceptors (Lipinski definition) is 6. The number of alkyl halides is 2. The second kappa shape index (κ2) is 7.49. The van der Waals surface area contributed by atoms with Crippen molar-refractivity contribution in [3.63, 3.8) is 0 Å². The number of carbonyl (C=O) groups is 1. The molecule has 0 radical (unpaired) electrons. The molecule has 8 heteroatoms. The minimum atomic E-state index is -2.60. The van der Waals surface area contributed by atoms with Crippen LogP contribution in [-0.2, 0) is 12.0 Å². The molecule has 26 heavy (non-hydrogen) atoms. The fourth-order valence-electron chi connectivity index (χ4n) is 2.73. The van der Waals surface area contributed by atoms with E-state index >= 15 is 0 Å². The molecular weight excluding hydrogens is 358 g/mol. The van der Waals surface area contributed by atoms with Crippen LogP contribution in [0.25, 0.3) is 0 Å². The minimum Gasteiger partial charge on any atom is -0.379 e. The molecule has 3 rings (SSSR count). The Bertz CT molecular complexity index is 841. The van der Waals surface area contributed by atoms with Gasteiger partial charge < -0.3 is 5.73 Å². The number of hydrogen-bond donors (Lipinski definition) is 1. The van der Waals surface area contributed by atoms with Gasteiger partial charge >= 0.3 is 0 Å². The normalized spacial score (nSPS) is 20.1. The molecule has 2 N–H and O–H groups in total. The van der Waals surface area contributed by atoms with Crippen LogP contribution < -0.4 is 5.73 Å². The molecule has 3 heterocycles. The van der Waals surface area contributed by atoms with Crippen LogP contribution >= 0.6 is 11.8 Å². The highest BCUT2D eigenvalue weighted by molar-refractivity contribution is 8.13.